The molecule has 1 aromatic carbocycles. The molecule has 0 saturated heterocycles. The van der Waals surface area contributed by atoms with Crippen molar-refractivity contribution in [2.24, 2.45) is 0 Å². The number of phenols is 1. The molecule has 0 spiro atoms. The highest BCUT2D eigenvalue weighted by molar-refractivity contribution is 6.15. The monoisotopic (exact) mass is 401 g/mol. The molecular formula is C21H23NO7. The third-order valence-corrected chi connectivity index (χ3v) is 4.65. The van der Waals surface area contributed by atoms with Crippen LogP contribution in [0.4, 0.5) is 0 Å². The summed E-state index contributed by atoms with van der Waals surface area (Å²) in [6.45, 7) is 4.17. The zero-order valence-electron chi connectivity index (χ0n) is 16.5. The predicted octanol–water partition coefficient (Wildman–Crippen LogP) is 2.92. The van der Waals surface area contributed by atoms with Gasteiger partial charge in [-0.3, -0.25) is 9.59 Å². The van der Waals surface area contributed by atoms with Crippen LogP contribution >= 0.6 is 0 Å². The maximum atomic E-state index is 13.1. The fraction of sp³-hybridized carbons (Fsp3) is 0.333. The smallest absolute Gasteiger partial charge is 0.290 e. The minimum absolute atomic E-state index is 0.0271. The number of Topliss-reactive ketones (excluding diaryl/α,β-unsaturated/α-hetero) is 1. The number of nitrogens with zero attached hydrogens (tertiary/aromatic N) is 1. The molecule has 1 aliphatic rings. The number of ketones is 1. The van der Waals surface area contributed by atoms with Gasteiger partial charge in [-0.25, -0.2) is 0 Å². The summed E-state index contributed by atoms with van der Waals surface area (Å²) in [5, 5.41) is 20.5. The fourth-order valence-electron chi connectivity index (χ4n) is 3.31. The van der Waals surface area contributed by atoms with E-state index < -0.39 is 23.5 Å². The lowest BCUT2D eigenvalue weighted by atomic mass is 9.94. The van der Waals surface area contributed by atoms with E-state index in [2.05, 4.69) is 0 Å². The molecule has 0 saturated carbocycles. The summed E-state index contributed by atoms with van der Waals surface area (Å²) >= 11 is 0. The molecule has 0 aliphatic carbocycles. The molecule has 0 unspecified atom stereocenters. The van der Waals surface area contributed by atoms with Crippen molar-refractivity contribution in [3.63, 3.8) is 0 Å². The number of hydrogen-bond donors (Lipinski definition) is 2. The summed E-state index contributed by atoms with van der Waals surface area (Å²) in [7, 11) is 1.49. The summed E-state index contributed by atoms with van der Waals surface area (Å²) in [6, 6.07) is 6.81. The zero-order chi connectivity index (χ0) is 21.1. The summed E-state index contributed by atoms with van der Waals surface area (Å²) in [5.74, 6) is -1.17. The molecule has 2 aromatic rings. The Hall–Kier alpha value is -3.26. The van der Waals surface area contributed by atoms with Crippen LogP contribution in [0, 0.1) is 6.92 Å². The Kier molecular flexibility index (Phi) is 5.93. The van der Waals surface area contributed by atoms with Crippen LogP contribution in [-0.2, 0) is 9.53 Å². The number of aryl methyl sites for hydroxylation is 1. The molecule has 8 nitrogen and oxygen atoms in total. The number of aromatic hydroxyl groups is 1. The summed E-state index contributed by atoms with van der Waals surface area (Å²) in [5.41, 5.74) is 0.417. The molecule has 2 N–H and O–H groups in total. The number of hydrogen-bond acceptors (Lipinski definition) is 7. The number of ether oxygens (including phenoxy) is 2. The first-order valence-electron chi connectivity index (χ1n) is 9.18. The number of phenolic OH excluding ortho intramolecular Hbond substituents is 1. The van der Waals surface area contributed by atoms with E-state index in [0.717, 1.165) is 0 Å². The first-order chi connectivity index (χ1) is 13.9. The third kappa shape index (κ3) is 3.84. The van der Waals surface area contributed by atoms with E-state index in [9.17, 15) is 19.8 Å². The van der Waals surface area contributed by atoms with Gasteiger partial charge in [0.15, 0.2) is 23.0 Å². The number of amides is 1. The number of carbonyl (C=O) groups is 2. The normalized spacial score (nSPS) is 16.6. The van der Waals surface area contributed by atoms with Crippen molar-refractivity contribution < 1.29 is 33.7 Å². The second kappa shape index (κ2) is 8.40. The standard InChI is InChI=1S/C21H23NO7/c1-4-28-16-11-13(6-7-14(16)23)18-17(19(24)15-8-5-12(2)29-15)20(25)21(26)22(18)9-10-27-3/h5-8,11,18,23,25H,4,9-10H2,1-3H3/t18-/m1/s1. The Labute approximate surface area is 168 Å². The van der Waals surface area contributed by atoms with Gasteiger partial charge in [0.2, 0.25) is 5.78 Å². The number of rotatable bonds is 8. The van der Waals surface area contributed by atoms with Crippen molar-refractivity contribution in [2.45, 2.75) is 19.9 Å². The van der Waals surface area contributed by atoms with Gasteiger partial charge in [0.1, 0.15) is 5.76 Å². The highest BCUT2D eigenvalue weighted by Crippen LogP contribution is 2.41. The molecule has 1 atom stereocenters. The average Bonchev–Trinajstić information content (AvgIpc) is 3.24. The van der Waals surface area contributed by atoms with Crippen LogP contribution in [0.1, 0.15) is 34.8 Å². The van der Waals surface area contributed by atoms with E-state index in [4.69, 9.17) is 13.9 Å². The maximum absolute atomic E-state index is 13.1. The van der Waals surface area contributed by atoms with E-state index in [0.29, 0.717) is 17.9 Å². The van der Waals surface area contributed by atoms with Crippen molar-refractivity contribution >= 4 is 11.7 Å². The van der Waals surface area contributed by atoms with Crippen LogP contribution < -0.4 is 4.74 Å². The summed E-state index contributed by atoms with van der Waals surface area (Å²) < 4.78 is 15.9. The molecular weight excluding hydrogens is 378 g/mol. The lowest BCUT2D eigenvalue weighted by molar-refractivity contribution is -0.130. The van der Waals surface area contributed by atoms with Crippen LogP contribution in [0.3, 0.4) is 0 Å². The van der Waals surface area contributed by atoms with Gasteiger partial charge in [0.05, 0.1) is 24.8 Å². The van der Waals surface area contributed by atoms with Crippen molar-refractivity contribution in [1.29, 1.82) is 0 Å². The lowest BCUT2D eigenvalue weighted by Crippen LogP contribution is -2.34. The van der Waals surface area contributed by atoms with Crippen LogP contribution in [-0.4, -0.2) is 53.7 Å². The lowest BCUT2D eigenvalue weighted by Gasteiger charge is -2.26. The number of carbonyl (C=O) groups excluding carboxylic acids is 2. The molecule has 3 rings (SSSR count). The maximum Gasteiger partial charge on any atom is 0.290 e. The highest BCUT2D eigenvalue weighted by Gasteiger charge is 2.44. The molecule has 29 heavy (non-hydrogen) atoms. The molecule has 8 heteroatoms. The van der Waals surface area contributed by atoms with E-state index in [1.54, 1.807) is 32.0 Å². The Morgan fingerprint density at radius 2 is 2.00 bits per heavy atom. The van der Waals surface area contributed by atoms with E-state index in [1.165, 1.54) is 24.1 Å². The van der Waals surface area contributed by atoms with Gasteiger partial charge in [0, 0.05) is 13.7 Å². The first kappa shape index (κ1) is 20.5. The quantitative estimate of drug-likeness (QED) is 0.655. The molecule has 0 fully saturated rings. The Balaban J connectivity index is 2.10. The minimum Gasteiger partial charge on any atom is -0.504 e. The topological polar surface area (TPSA) is 109 Å². The van der Waals surface area contributed by atoms with Crippen LogP contribution in [0.25, 0.3) is 0 Å². The van der Waals surface area contributed by atoms with Gasteiger partial charge in [-0.15, -0.1) is 0 Å². The second-order valence-electron chi connectivity index (χ2n) is 6.56. The first-order valence-corrected chi connectivity index (χ1v) is 9.18. The largest absolute Gasteiger partial charge is 0.504 e. The summed E-state index contributed by atoms with van der Waals surface area (Å²) in [6.07, 6.45) is 0. The summed E-state index contributed by atoms with van der Waals surface area (Å²) in [4.78, 5) is 27.2. The van der Waals surface area contributed by atoms with Gasteiger partial charge in [-0.05, 0) is 43.7 Å². The fourth-order valence-corrected chi connectivity index (χ4v) is 3.31. The van der Waals surface area contributed by atoms with E-state index in [1.807, 2.05) is 0 Å². The second-order valence-corrected chi connectivity index (χ2v) is 6.56. The Morgan fingerprint density at radius 1 is 1.24 bits per heavy atom. The van der Waals surface area contributed by atoms with Gasteiger partial charge < -0.3 is 29.0 Å². The number of benzene rings is 1. The zero-order valence-corrected chi connectivity index (χ0v) is 16.5. The van der Waals surface area contributed by atoms with Crippen molar-refractivity contribution in [2.75, 3.05) is 26.9 Å². The number of methoxy groups -OCH3 is 1. The van der Waals surface area contributed by atoms with Gasteiger partial charge in [0.25, 0.3) is 5.91 Å². The van der Waals surface area contributed by atoms with Gasteiger partial charge >= 0.3 is 0 Å². The molecule has 0 bridgehead atoms. The SMILES string of the molecule is CCOc1cc([C@@H]2C(C(=O)c3ccc(C)o3)=C(O)C(=O)N2CCOC)ccc1O. The van der Waals surface area contributed by atoms with E-state index in [-0.39, 0.29) is 36.0 Å². The molecule has 1 aliphatic heterocycles. The molecule has 154 valence electrons. The van der Waals surface area contributed by atoms with Crippen molar-refractivity contribution in [3.05, 3.63) is 58.7 Å². The number of furan rings is 1. The molecule has 1 amide bonds. The minimum atomic E-state index is -0.879. The van der Waals surface area contributed by atoms with Gasteiger partial charge in [-0.1, -0.05) is 6.07 Å². The van der Waals surface area contributed by atoms with Crippen LogP contribution in [0.5, 0.6) is 11.5 Å². The van der Waals surface area contributed by atoms with Gasteiger partial charge in [-0.2, -0.15) is 0 Å². The number of aliphatic hydroxyl groups excluding tert-OH is 1. The predicted molar refractivity (Wildman–Crippen MR) is 103 cm³/mol. The Morgan fingerprint density at radius 3 is 2.62 bits per heavy atom. The average molecular weight is 401 g/mol. The highest BCUT2D eigenvalue weighted by atomic mass is 16.5. The van der Waals surface area contributed by atoms with Crippen LogP contribution in [0.15, 0.2) is 46.1 Å². The number of aliphatic hydroxyl groups is 1. The molecule has 1 aromatic heterocycles. The van der Waals surface area contributed by atoms with Crippen molar-refractivity contribution in [1.82, 2.24) is 4.90 Å². The molecule has 2 heterocycles. The van der Waals surface area contributed by atoms with Crippen LogP contribution in [0.2, 0.25) is 0 Å². The molecule has 0 radical (unpaired) electrons. The third-order valence-electron chi connectivity index (χ3n) is 4.65. The van der Waals surface area contributed by atoms with Crippen molar-refractivity contribution in [3.8, 4) is 11.5 Å². The Bertz CT molecular complexity index is 960. The van der Waals surface area contributed by atoms with E-state index >= 15 is 0 Å².